The molecule has 262 valence electrons. The summed E-state index contributed by atoms with van der Waals surface area (Å²) in [6.07, 6.45) is 11.3. The third kappa shape index (κ3) is 7.14. The van der Waals surface area contributed by atoms with Crippen LogP contribution in [0.5, 0.6) is 0 Å². The van der Waals surface area contributed by atoms with Gasteiger partial charge in [-0.05, 0) is 137 Å². The quantitative estimate of drug-likeness (QED) is 0.109. The number of carbonyl (C=O) groups is 2. The number of rotatable bonds is 3. The number of allylic oxidation sites excluding steroid dienone is 1. The summed E-state index contributed by atoms with van der Waals surface area (Å²) in [5, 5.41) is 7.57. The van der Waals surface area contributed by atoms with Crippen LogP contribution in [-0.2, 0) is 19.0 Å². The number of hydrogen-bond acceptors (Lipinski definition) is 4. The van der Waals surface area contributed by atoms with Gasteiger partial charge in [-0.1, -0.05) is 53.7 Å². The Bertz CT molecular complexity index is 1040. The molecule has 6 bridgehead atoms. The van der Waals surface area contributed by atoms with Crippen molar-refractivity contribution >= 4 is 12.0 Å². The molecule has 0 aromatic carbocycles. The molecule has 6 saturated carbocycles. The second kappa shape index (κ2) is 16.0. The molecule has 5 nitrogen and oxygen atoms in total. The first-order chi connectivity index (χ1) is 19.9. The van der Waals surface area contributed by atoms with Crippen molar-refractivity contribution in [1.29, 1.82) is 0 Å². The summed E-state index contributed by atoms with van der Waals surface area (Å²) in [5.74, 6) is 4.01. The summed E-state index contributed by atoms with van der Waals surface area (Å²) < 4.78 is 25.9. The van der Waals surface area contributed by atoms with Crippen LogP contribution in [0.25, 0.3) is 0 Å². The number of carbonyl (C=O) groups excluding carboxylic acids is 2. The van der Waals surface area contributed by atoms with E-state index in [-0.39, 0.29) is 38.2 Å². The van der Waals surface area contributed by atoms with Gasteiger partial charge in [-0.25, -0.2) is 0 Å². The molecule has 0 aliphatic heterocycles. The molecule has 0 aromatic heterocycles. The van der Waals surface area contributed by atoms with Gasteiger partial charge < -0.3 is 9.84 Å². The van der Waals surface area contributed by atoms with Gasteiger partial charge in [0.2, 0.25) is 0 Å². The molecule has 0 heterocycles. The van der Waals surface area contributed by atoms with Crippen LogP contribution in [0.4, 0.5) is 13.8 Å². The van der Waals surface area contributed by atoms with Crippen molar-refractivity contribution in [3.8, 4) is 0 Å². The summed E-state index contributed by atoms with van der Waals surface area (Å²) in [5.41, 5.74) is 1.04. The maximum absolute atomic E-state index is 13.1. The number of esters is 1. The van der Waals surface area contributed by atoms with E-state index < -0.39 is 11.5 Å². The Morgan fingerprint density at radius 2 is 1.16 bits per heavy atom. The molecule has 1 N–H and O–H groups in total. The minimum absolute atomic E-state index is 0. The Labute approximate surface area is 271 Å². The van der Waals surface area contributed by atoms with Crippen LogP contribution in [-0.4, -0.2) is 30.3 Å². The maximum atomic E-state index is 13.1. The van der Waals surface area contributed by atoms with Gasteiger partial charge in [0.1, 0.15) is 0 Å². The van der Waals surface area contributed by atoms with Crippen LogP contribution in [0, 0.1) is 69.2 Å². The molecule has 0 radical (unpaired) electrons. The van der Waals surface area contributed by atoms with Crippen LogP contribution in [0.3, 0.4) is 0 Å². The van der Waals surface area contributed by atoms with E-state index >= 15 is 0 Å². The van der Waals surface area contributed by atoms with Crippen molar-refractivity contribution in [2.45, 2.75) is 127 Å². The van der Waals surface area contributed by atoms with Crippen LogP contribution in [0.1, 0.15) is 127 Å². The number of aliphatic hydroxyl groups excluding tert-OH is 1. The molecule has 8 heteroatoms. The summed E-state index contributed by atoms with van der Waals surface area (Å²) in [6.45, 7) is 30.3. The first-order valence-corrected chi connectivity index (χ1v) is 16.8. The normalized spacial score (nSPS) is 37.4. The van der Waals surface area contributed by atoms with Gasteiger partial charge in [-0.2, -0.15) is 4.39 Å². The van der Waals surface area contributed by atoms with Gasteiger partial charge in [0.15, 0.2) is 0 Å². The molecular weight excluding hydrogens is 581 g/mol. The predicted octanol–water partition coefficient (Wildman–Crippen LogP) is 9.22. The number of aliphatic hydroxyl groups is 1. The summed E-state index contributed by atoms with van der Waals surface area (Å²) in [7, 11) is 0. The third-order valence-electron chi connectivity index (χ3n) is 14.1. The molecule has 45 heavy (non-hydrogen) atoms. The molecular formula is C37H63F3O5. The van der Waals surface area contributed by atoms with Gasteiger partial charge >= 0.3 is 23.3 Å². The fraction of sp³-hybridized carbons (Fsp3) is 0.865. The van der Waals surface area contributed by atoms with E-state index in [9.17, 15) is 14.0 Å². The average Bonchev–Trinajstić information content (AvgIpc) is 3.78. The zero-order valence-electron chi connectivity index (χ0n) is 29.7. The van der Waals surface area contributed by atoms with Gasteiger partial charge in [-0.15, -0.1) is 0 Å². The number of hydrogen-bond donors (Lipinski definition) is 1. The van der Waals surface area contributed by atoms with E-state index in [1.165, 1.54) is 50.5 Å². The van der Waals surface area contributed by atoms with E-state index in [0.29, 0.717) is 29.8 Å². The Balaban J connectivity index is 0.000000597. The minimum atomic E-state index is -1.09. The molecule has 0 saturated heterocycles. The van der Waals surface area contributed by atoms with Crippen molar-refractivity contribution in [2.75, 3.05) is 13.2 Å². The Kier molecular flexibility index (Phi) is 15.4. The Morgan fingerprint density at radius 1 is 0.778 bits per heavy atom. The Morgan fingerprint density at radius 3 is 1.40 bits per heavy atom. The van der Waals surface area contributed by atoms with E-state index in [0.717, 1.165) is 30.6 Å². The summed E-state index contributed by atoms with van der Waals surface area (Å²) in [4.78, 5) is 23.3. The van der Waals surface area contributed by atoms with Gasteiger partial charge in [0.25, 0.3) is 0 Å². The van der Waals surface area contributed by atoms with Gasteiger partial charge in [0, 0.05) is 6.61 Å². The van der Waals surface area contributed by atoms with Crippen LogP contribution >= 0.6 is 0 Å². The topological polar surface area (TPSA) is 83.5 Å². The molecule has 6 aliphatic rings. The first kappa shape index (κ1) is 43.4. The predicted molar refractivity (Wildman–Crippen MR) is 174 cm³/mol. The van der Waals surface area contributed by atoms with E-state index in [1.54, 1.807) is 6.92 Å². The second-order valence-electron chi connectivity index (χ2n) is 16.0. The van der Waals surface area contributed by atoms with Crippen molar-refractivity contribution in [3.63, 3.8) is 0 Å². The van der Waals surface area contributed by atoms with E-state index in [1.807, 2.05) is 27.7 Å². The van der Waals surface area contributed by atoms with Crippen molar-refractivity contribution in [3.05, 3.63) is 18.8 Å². The molecule has 0 amide bonds. The Hall–Kier alpha value is -1.63. The fourth-order valence-corrected chi connectivity index (χ4v) is 10.1. The molecule has 0 spiro atoms. The second-order valence-corrected chi connectivity index (χ2v) is 16.0. The van der Waals surface area contributed by atoms with Gasteiger partial charge in [-0.3, -0.25) is 19.0 Å². The van der Waals surface area contributed by atoms with Crippen LogP contribution in [0.15, 0.2) is 12.2 Å². The first-order valence-electron chi connectivity index (χ1n) is 16.8. The van der Waals surface area contributed by atoms with Crippen molar-refractivity contribution in [1.82, 2.24) is 0 Å². The van der Waals surface area contributed by atoms with Crippen molar-refractivity contribution < 1.29 is 37.9 Å². The summed E-state index contributed by atoms with van der Waals surface area (Å²) in [6, 6.07) is -1.09. The standard InChI is InChI=1S/C13H22O2.C11H17FO.C10H16.C2H6O.CO.2FH/c1-5-15-11(14)13(4)10-7-6-9(8-10)12(13,2)3;1-10(2)7-4-5-8(6-7)11(10,3)9(12)13;1-7-8-4-5-9(6-8)10(7,2)3;1-2-3;1-2;;/h9-10H,5-8H2,1-4H3;7-8H,4-6H2,1-3H3;8-9H,1,4-6H2,2-3H3;3H,2H2,1H3;;2*1H. The van der Waals surface area contributed by atoms with Gasteiger partial charge in [0.05, 0.1) is 17.4 Å². The zero-order chi connectivity index (χ0) is 33.2. The van der Waals surface area contributed by atoms with Crippen LogP contribution in [0.2, 0.25) is 0 Å². The molecule has 0 aromatic rings. The SMILES string of the molecule is C=C1C2CCC(C2)C1(C)C.CC1(C)C2CCC(C2)C1(C)C(=O)F.CCO.CCOC(=O)C1(C)C2CCC(C2)C1(C)C.F.F.[C-]#[O+]. The van der Waals surface area contributed by atoms with E-state index in [4.69, 9.17) is 14.5 Å². The number of fused-ring (bicyclic) bond motifs is 6. The van der Waals surface area contributed by atoms with Crippen LogP contribution < -0.4 is 0 Å². The molecule has 6 fully saturated rings. The summed E-state index contributed by atoms with van der Waals surface area (Å²) >= 11 is 0. The zero-order valence-corrected chi connectivity index (χ0v) is 29.7. The van der Waals surface area contributed by atoms with E-state index in [2.05, 4.69) is 47.8 Å². The fourth-order valence-electron chi connectivity index (χ4n) is 10.1. The average molecular weight is 645 g/mol. The molecule has 6 aliphatic carbocycles. The number of ether oxygens (including phenoxy) is 1. The monoisotopic (exact) mass is 644 g/mol. The van der Waals surface area contributed by atoms with Crippen molar-refractivity contribution in [2.24, 2.45) is 62.6 Å². The number of halogens is 3. The molecule has 8 atom stereocenters. The molecule has 6 rings (SSSR count). The third-order valence-corrected chi connectivity index (χ3v) is 14.1. The molecule has 8 unspecified atom stereocenters.